The van der Waals surface area contributed by atoms with Crippen molar-refractivity contribution in [1.82, 2.24) is 4.72 Å². The van der Waals surface area contributed by atoms with Crippen molar-refractivity contribution in [3.05, 3.63) is 29.8 Å². The summed E-state index contributed by atoms with van der Waals surface area (Å²) in [5.41, 5.74) is 0.516. The summed E-state index contributed by atoms with van der Waals surface area (Å²) < 4.78 is 26.5. The maximum absolute atomic E-state index is 11.9. The summed E-state index contributed by atoms with van der Waals surface area (Å²) >= 11 is 0. The van der Waals surface area contributed by atoms with Crippen molar-refractivity contribution in [1.29, 1.82) is 0 Å². The first-order valence-electron chi connectivity index (χ1n) is 6.58. The van der Waals surface area contributed by atoms with Crippen LogP contribution >= 0.6 is 0 Å². The van der Waals surface area contributed by atoms with Crippen LogP contribution in [0.3, 0.4) is 0 Å². The first-order valence-corrected chi connectivity index (χ1v) is 8.06. The van der Waals surface area contributed by atoms with E-state index in [1.54, 1.807) is 0 Å². The zero-order chi connectivity index (χ0) is 14.3. The van der Waals surface area contributed by atoms with Gasteiger partial charge in [0.1, 0.15) is 0 Å². The van der Waals surface area contributed by atoms with Crippen molar-refractivity contribution < 1.29 is 13.2 Å². The number of carbonyl (C=O) groups is 1. The van der Waals surface area contributed by atoms with Crippen molar-refractivity contribution in [3.63, 3.8) is 0 Å². The Morgan fingerprint density at radius 3 is 2.26 bits per heavy atom. The second kappa shape index (κ2) is 7.40. The molecule has 0 aromatic heterocycles. The van der Waals surface area contributed by atoms with Gasteiger partial charge in [0.2, 0.25) is 10.0 Å². The lowest BCUT2D eigenvalue weighted by Gasteiger charge is -2.07. The molecule has 106 valence electrons. The van der Waals surface area contributed by atoms with E-state index in [9.17, 15) is 13.2 Å². The van der Waals surface area contributed by atoms with E-state index in [0.717, 1.165) is 25.7 Å². The average molecular weight is 283 g/mol. The molecule has 4 nitrogen and oxygen atoms in total. The molecule has 19 heavy (non-hydrogen) atoms. The summed E-state index contributed by atoms with van der Waals surface area (Å²) in [6, 6.07) is 6.00. The molecule has 1 aromatic carbocycles. The molecule has 0 aliphatic rings. The number of rotatable bonds is 8. The Bertz CT molecular complexity index is 506. The minimum absolute atomic E-state index is 0.0727. The molecule has 0 spiro atoms. The molecule has 1 aromatic rings. The van der Waals surface area contributed by atoms with Gasteiger partial charge in [0.05, 0.1) is 4.90 Å². The fourth-order valence-electron chi connectivity index (χ4n) is 1.71. The molecule has 5 heteroatoms. The van der Waals surface area contributed by atoms with E-state index >= 15 is 0 Å². The predicted molar refractivity (Wildman–Crippen MR) is 75.8 cm³/mol. The van der Waals surface area contributed by atoms with E-state index in [2.05, 4.69) is 11.6 Å². The van der Waals surface area contributed by atoms with E-state index in [1.807, 2.05) is 0 Å². The Kier molecular flexibility index (Phi) is 6.18. The van der Waals surface area contributed by atoms with Crippen LogP contribution < -0.4 is 4.72 Å². The predicted octanol–water partition coefficient (Wildman–Crippen LogP) is 2.75. The van der Waals surface area contributed by atoms with E-state index in [-0.39, 0.29) is 10.7 Å². The molecule has 0 atom stereocenters. The average Bonchev–Trinajstić information content (AvgIpc) is 2.38. The molecule has 0 saturated heterocycles. The molecule has 0 unspecified atom stereocenters. The van der Waals surface area contributed by atoms with Crippen LogP contribution in [-0.2, 0) is 10.0 Å². The molecule has 1 rings (SSSR count). The Hall–Kier alpha value is -1.20. The molecule has 0 bridgehead atoms. The Balaban J connectivity index is 2.59. The minimum Gasteiger partial charge on any atom is -0.295 e. The highest BCUT2D eigenvalue weighted by Crippen LogP contribution is 2.11. The molecule has 1 N–H and O–H groups in total. The molecule has 0 fully saturated rings. The lowest BCUT2D eigenvalue weighted by molar-refractivity contribution is 0.101. The minimum atomic E-state index is -3.45. The normalized spacial score (nSPS) is 11.5. The number of benzene rings is 1. The largest absolute Gasteiger partial charge is 0.295 e. The number of unbranched alkanes of at least 4 members (excludes halogenated alkanes) is 3. The Labute approximate surface area is 115 Å². The van der Waals surface area contributed by atoms with Gasteiger partial charge in [0.15, 0.2) is 5.78 Å². The van der Waals surface area contributed by atoms with Crippen molar-refractivity contribution in [2.75, 3.05) is 6.54 Å². The van der Waals surface area contributed by atoms with Gasteiger partial charge in [-0.15, -0.1) is 0 Å². The number of hydrogen-bond donors (Lipinski definition) is 1. The van der Waals surface area contributed by atoms with Gasteiger partial charge >= 0.3 is 0 Å². The maximum Gasteiger partial charge on any atom is 0.240 e. The summed E-state index contributed by atoms with van der Waals surface area (Å²) in [6.45, 7) is 4.02. The van der Waals surface area contributed by atoms with Gasteiger partial charge in [-0.25, -0.2) is 13.1 Å². The van der Waals surface area contributed by atoms with Crippen LogP contribution in [0.15, 0.2) is 29.2 Å². The zero-order valence-electron chi connectivity index (χ0n) is 11.5. The highest BCUT2D eigenvalue weighted by Gasteiger charge is 2.13. The number of nitrogens with one attached hydrogen (secondary N) is 1. The zero-order valence-corrected chi connectivity index (χ0v) is 12.3. The van der Waals surface area contributed by atoms with Crippen molar-refractivity contribution in [2.24, 2.45) is 0 Å². The monoisotopic (exact) mass is 283 g/mol. The first-order chi connectivity index (χ1) is 8.97. The summed E-state index contributed by atoms with van der Waals surface area (Å²) in [4.78, 5) is 11.3. The second-order valence-corrected chi connectivity index (χ2v) is 6.31. The van der Waals surface area contributed by atoms with Crippen molar-refractivity contribution >= 4 is 15.8 Å². The fourth-order valence-corrected chi connectivity index (χ4v) is 2.78. The Morgan fingerprint density at radius 1 is 1.11 bits per heavy atom. The van der Waals surface area contributed by atoms with Gasteiger partial charge in [0.25, 0.3) is 0 Å². The number of carbonyl (C=O) groups excluding carboxylic acids is 1. The van der Waals surface area contributed by atoms with Gasteiger partial charge in [-0.05, 0) is 25.5 Å². The number of ketones is 1. The second-order valence-electron chi connectivity index (χ2n) is 4.54. The Morgan fingerprint density at radius 2 is 1.74 bits per heavy atom. The highest BCUT2D eigenvalue weighted by atomic mass is 32.2. The summed E-state index contributed by atoms with van der Waals surface area (Å²) in [5, 5.41) is 0. The molecular weight excluding hydrogens is 262 g/mol. The van der Waals surface area contributed by atoms with Gasteiger partial charge < -0.3 is 0 Å². The van der Waals surface area contributed by atoms with Crippen LogP contribution in [0.25, 0.3) is 0 Å². The van der Waals surface area contributed by atoms with E-state index < -0.39 is 10.0 Å². The lowest BCUT2D eigenvalue weighted by Crippen LogP contribution is -2.24. The van der Waals surface area contributed by atoms with E-state index in [4.69, 9.17) is 0 Å². The molecule has 0 heterocycles. The van der Waals surface area contributed by atoms with Crippen LogP contribution in [0.5, 0.6) is 0 Å². The van der Waals surface area contributed by atoms with Crippen LogP contribution in [0.2, 0.25) is 0 Å². The smallest absolute Gasteiger partial charge is 0.240 e. The summed E-state index contributed by atoms with van der Waals surface area (Å²) in [7, 11) is -3.45. The van der Waals surface area contributed by atoms with Gasteiger partial charge in [0, 0.05) is 12.1 Å². The highest BCUT2D eigenvalue weighted by molar-refractivity contribution is 7.89. The SMILES string of the molecule is CCCCCCNS(=O)(=O)c1ccc(C(C)=O)cc1. The third-order valence-electron chi connectivity index (χ3n) is 2.89. The molecule has 0 amide bonds. The van der Waals surface area contributed by atoms with Crippen molar-refractivity contribution in [2.45, 2.75) is 44.4 Å². The van der Waals surface area contributed by atoms with E-state index in [0.29, 0.717) is 12.1 Å². The summed E-state index contributed by atoms with van der Waals surface area (Å²) in [5.74, 6) is -0.0727. The summed E-state index contributed by atoms with van der Waals surface area (Å²) in [6.07, 6.45) is 4.12. The van der Waals surface area contributed by atoms with Crippen molar-refractivity contribution in [3.8, 4) is 0 Å². The van der Waals surface area contributed by atoms with Gasteiger partial charge in [-0.2, -0.15) is 0 Å². The van der Waals surface area contributed by atoms with Gasteiger partial charge in [-0.3, -0.25) is 4.79 Å². The molecule has 0 aliphatic heterocycles. The molecule has 0 saturated carbocycles. The third kappa shape index (κ3) is 5.12. The topological polar surface area (TPSA) is 63.2 Å². The van der Waals surface area contributed by atoms with Crippen LogP contribution in [0, 0.1) is 0 Å². The fraction of sp³-hybridized carbons (Fsp3) is 0.500. The van der Waals surface area contributed by atoms with Crippen LogP contribution in [-0.4, -0.2) is 20.7 Å². The van der Waals surface area contributed by atoms with E-state index in [1.165, 1.54) is 31.2 Å². The standard InChI is InChI=1S/C14H21NO3S/c1-3-4-5-6-11-15-19(17,18)14-9-7-13(8-10-14)12(2)16/h7-10,15H,3-6,11H2,1-2H3. The maximum atomic E-state index is 11.9. The lowest BCUT2D eigenvalue weighted by atomic mass is 10.2. The molecule has 0 aliphatic carbocycles. The first kappa shape index (κ1) is 15.9. The number of hydrogen-bond acceptors (Lipinski definition) is 3. The van der Waals surface area contributed by atoms with Crippen LogP contribution in [0.4, 0.5) is 0 Å². The van der Waals surface area contributed by atoms with Crippen LogP contribution in [0.1, 0.15) is 49.9 Å². The number of sulfonamides is 1. The third-order valence-corrected chi connectivity index (χ3v) is 4.37. The number of Topliss-reactive ketones (excluding diaryl/α,β-unsaturated/α-hetero) is 1. The molecular formula is C14H21NO3S. The quantitative estimate of drug-likeness (QED) is 0.589. The molecule has 0 radical (unpaired) electrons. The van der Waals surface area contributed by atoms with Gasteiger partial charge in [-0.1, -0.05) is 38.3 Å².